The summed E-state index contributed by atoms with van der Waals surface area (Å²) in [6.45, 7) is 1.32. The first-order valence-electron chi connectivity index (χ1n) is 7.75. The van der Waals surface area contributed by atoms with Crippen molar-refractivity contribution in [3.8, 4) is 0 Å². The Hall–Kier alpha value is -1.91. The molecule has 1 aromatic carbocycles. The number of hydrogen-bond donors (Lipinski definition) is 1. The minimum Gasteiger partial charge on any atom is -0.481 e. The Kier molecular flexibility index (Phi) is 3.89. The van der Waals surface area contributed by atoms with Crippen LogP contribution in [0.15, 0.2) is 24.3 Å². The van der Waals surface area contributed by atoms with Gasteiger partial charge in [0.05, 0.1) is 5.92 Å². The molecule has 0 radical (unpaired) electrons. The number of aliphatic carboxylic acids is 1. The number of carbonyl (C=O) groups is 2. The second kappa shape index (κ2) is 5.71. The number of nitrogens with zero attached hydrogens (tertiary/aromatic N) is 1. The molecule has 1 aliphatic carbocycles. The van der Waals surface area contributed by atoms with E-state index in [9.17, 15) is 14.0 Å². The van der Waals surface area contributed by atoms with E-state index >= 15 is 0 Å². The lowest BCUT2D eigenvalue weighted by atomic mass is 9.90. The fourth-order valence-corrected chi connectivity index (χ4v) is 3.51. The van der Waals surface area contributed by atoms with Crippen LogP contribution in [0.4, 0.5) is 4.39 Å². The monoisotopic (exact) mass is 305 g/mol. The molecule has 1 saturated heterocycles. The molecule has 3 rings (SSSR count). The van der Waals surface area contributed by atoms with Crippen LogP contribution in [0.25, 0.3) is 0 Å². The molecule has 5 heteroatoms. The molecule has 118 valence electrons. The van der Waals surface area contributed by atoms with Gasteiger partial charge in [0.1, 0.15) is 5.82 Å². The standard InChI is InChI=1S/C17H20FNO3/c18-13-4-1-12(2-5-13)3-6-15(20)19-9-7-17(8-10-19)11-14(17)16(21)22/h1-2,4-5,14H,3,6-11H2,(H,21,22). The van der Waals surface area contributed by atoms with Gasteiger partial charge < -0.3 is 10.0 Å². The summed E-state index contributed by atoms with van der Waals surface area (Å²) in [6, 6.07) is 6.22. The van der Waals surface area contributed by atoms with Gasteiger partial charge in [0.15, 0.2) is 0 Å². The zero-order valence-electron chi connectivity index (χ0n) is 12.4. The van der Waals surface area contributed by atoms with E-state index < -0.39 is 5.97 Å². The van der Waals surface area contributed by atoms with Crippen molar-refractivity contribution in [2.45, 2.75) is 32.1 Å². The lowest BCUT2D eigenvalue weighted by Gasteiger charge is -2.32. The maximum Gasteiger partial charge on any atom is 0.307 e. The van der Waals surface area contributed by atoms with Gasteiger partial charge in [-0.3, -0.25) is 9.59 Å². The van der Waals surface area contributed by atoms with Gasteiger partial charge in [-0.15, -0.1) is 0 Å². The number of aryl methyl sites for hydroxylation is 1. The summed E-state index contributed by atoms with van der Waals surface area (Å²) in [4.78, 5) is 25.1. The highest BCUT2D eigenvalue weighted by Crippen LogP contribution is 2.59. The third-order valence-corrected chi connectivity index (χ3v) is 5.14. The number of hydrogen-bond acceptors (Lipinski definition) is 2. The topological polar surface area (TPSA) is 57.6 Å². The van der Waals surface area contributed by atoms with E-state index in [1.807, 2.05) is 4.90 Å². The minimum absolute atomic E-state index is 0.0421. The van der Waals surface area contributed by atoms with E-state index in [1.165, 1.54) is 12.1 Å². The molecule has 1 spiro atoms. The van der Waals surface area contributed by atoms with Crippen molar-refractivity contribution >= 4 is 11.9 Å². The number of carboxylic acid groups (broad SMARTS) is 1. The minimum atomic E-state index is -0.698. The van der Waals surface area contributed by atoms with Crippen molar-refractivity contribution < 1.29 is 19.1 Å². The molecule has 1 aliphatic heterocycles. The molecule has 0 bridgehead atoms. The summed E-state index contributed by atoms with van der Waals surface area (Å²) in [5.41, 5.74) is 0.913. The Morgan fingerprint density at radius 3 is 2.41 bits per heavy atom. The van der Waals surface area contributed by atoms with Crippen molar-refractivity contribution in [1.29, 1.82) is 0 Å². The Morgan fingerprint density at radius 2 is 1.86 bits per heavy atom. The Balaban J connectivity index is 1.46. The lowest BCUT2D eigenvalue weighted by Crippen LogP contribution is -2.40. The fourth-order valence-electron chi connectivity index (χ4n) is 3.51. The molecular formula is C17H20FNO3. The maximum absolute atomic E-state index is 12.8. The van der Waals surface area contributed by atoms with Crippen LogP contribution in [0.5, 0.6) is 0 Å². The highest BCUT2D eigenvalue weighted by molar-refractivity contribution is 5.77. The number of carbonyl (C=O) groups excluding carboxylic acids is 1. The molecule has 1 unspecified atom stereocenters. The van der Waals surface area contributed by atoms with Crippen LogP contribution in [0.2, 0.25) is 0 Å². The van der Waals surface area contributed by atoms with E-state index in [4.69, 9.17) is 5.11 Å². The van der Waals surface area contributed by atoms with Crippen LogP contribution in [0.3, 0.4) is 0 Å². The highest BCUT2D eigenvalue weighted by atomic mass is 19.1. The first-order chi connectivity index (χ1) is 10.5. The summed E-state index contributed by atoms with van der Waals surface area (Å²) in [7, 11) is 0. The van der Waals surface area contributed by atoms with Gasteiger partial charge in [-0.25, -0.2) is 4.39 Å². The van der Waals surface area contributed by atoms with Gasteiger partial charge in [0, 0.05) is 19.5 Å². The predicted octanol–water partition coefficient (Wildman–Crippen LogP) is 2.47. The molecule has 0 aromatic heterocycles. The van der Waals surface area contributed by atoms with Crippen LogP contribution in [-0.2, 0) is 16.0 Å². The molecule has 1 saturated carbocycles. The smallest absolute Gasteiger partial charge is 0.307 e. The summed E-state index contributed by atoms with van der Waals surface area (Å²) in [6.07, 6.45) is 3.39. The summed E-state index contributed by atoms with van der Waals surface area (Å²) >= 11 is 0. The zero-order valence-corrected chi connectivity index (χ0v) is 12.4. The fraction of sp³-hybridized carbons (Fsp3) is 0.529. The lowest BCUT2D eigenvalue weighted by molar-refractivity contribution is -0.139. The SMILES string of the molecule is O=C(O)C1CC12CCN(C(=O)CCc1ccc(F)cc1)CC2. The van der Waals surface area contributed by atoms with Crippen molar-refractivity contribution in [1.82, 2.24) is 4.90 Å². The van der Waals surface area contributed by atoms with Crippen LogP contribution in [0.1, 0.15) is 31.2 Å². The summed E-state index contributed by atoms with van der Waals surface area (Å²) < 4.78 is 12.8. The number of halogens is 1. The number of likely N-dealkylation sites (tertiary alicyclic amines) is 1. The number of piperidine rings is 1. The Bertz CT molecular complexity index is 576. The molecule has 2 aliphatic rings. The van der Waals surface area contributed by atoms with E-state index in [-0.39, 0.29) is 23.1 Å². The number of amides is 1. The van der Waals surface area contributed by atoms with Crippen molar-refractivity contribution in [3.63, 3.8) is 0 Å². The average Bonchev–Trinajstić information content (AvgIpc) is 3.21. The molecule has 1 amide bonds. The van der Waals surface area contributed by atoms with E-state index in [2.05, 4.69) is 0 Å². The highest BCUT2D eigenvalue weighted by Gasteiger charge is 2.59. The number of rotatable bonds is 4. The Labute approximate surface area is 128 Å². The first kappa shape index (κ1) is 15.0. The average molecular weight is 305 g/mol. The third kappa shape index (κ3) is 2.98. The molecule has 1 heterocycles. The molecule has 1 N–H and O–H groups in total. The van der Waals surface area contributed by atoms with Gasteiger partial charge >= 0.3 is 5.97 Å². The van der Waals surface area contributed by atoms with Crippen LogP contribution < -0.4 is 0 Å². The zero-order chi connectivity index (χ0) is 15.7. The van der Waals surface area contributed by atoms with Gasteiger partial charge in [-0.05, 0) is 48.8 Å². The second-order valence-electron chi connectivity index (χ2n) is 6.46. The maximum atomic E-state index is 12.8. The quantitative estimate of drug-likeness (QED) is 0.929. The summed E-state index contributed by atoms with van der Waals surface area (Å²) in [5.74, 6) is -1.07. The molecule has 1 aromatic rings. The van der Waals surface area contributed by atoms with E-state index in [1.54, 1.807) is 12.1 Å². The van der Waals surface area contributed by atoms with Gasteiger partial charge in [-0.2, -0.15) is 0 Å². The second-order valence-corrected chi connectivity index (χ2v) is 6.46. The van der Waals surface area contributed by atoms with E-state index in [0.717, 1.165) is 24.8 Å². The number of carboxylic acids is 1. The van der Waals surface area contributed by atoms with Gasteiger partial charge in [0.25, 0.3) is 0 Å². The van der Waals surface area contributed by atoms with Crippen LogP contribution >= 0.6 is 0 Å². The third-order valence-electron chi connectivity index (χ3n) is 5.14. The van der Waals surface area contributed by atoms with Gasteiger partial charge in [0.2, 0.25) is 5.91 Å². The van der Waals surface area contributed by atoms with E-state index in [0.29, 0.717) is 25.9 Å². The van der Waals surface area contributed by atoms with Crippen molar-refractivity contribution in [2.75, 3.05) is 13.1 Å². The van der Waals surface area contributed by atoms with Crippen molar-refractivity contribution in [3.05, 3.63) is 35.6 Å². The largest absolute Gasteiger partial charge is 0.481 e. The molecular weight excluding hydrogens is 285 g/mol. The predicted molar refractivity (Wildman–Crippen MR) is 78.7 cm³/mol. The normalized spacial score (nSPS) is 22.6. The van der Waals surface area contributed by atoms with Crippen LogP contribution in [0, 0.1) is 17.2 Å². The van der Waals surface area contributed by atoms with Gasteiger partial charge in [-0.1, -0.05) is 12.1 Å². The molecule has 4 nitrogen and oxygen atoms in total. The summed E-state index contributed by atoms with van der Waals surface area (Å²) in [5, 5.41) is 9.07. The molecule has 22 heavy (non-hydrogen) atoms. The first-order valence-corrected chi connectivity index (χ1v) is 7.75. The number of benzene rings is 1. The Morgan fingerprint density at radius 1 is 1.23 bits per heavy atom. The van der Waals surface area contributed by atoms with Crippen molar-refractivity contribution in [2.24, 2.45) is 11.3 Å². The molecule has 1 atom stereocenters. The molecule has 2 fully saturated rings. The van der Waals surface area contributed by atoms with Crippen LogP contribution in [-0.4, -0.2) is 35.0 Å².